The van der Waals surface area contributed by atoms with Gasteiger partial charge in [0.2, 0.25) is 17.9 Å². The summed E-state index contributed by atoms with van der Waals surface area (Å²) in [6, 6.07) is 14.9. The fourth-order valence-corrected chi connectivity index (χ4v) is 4.51. The molecule has 0 saturated carbocycles. The molecule has 4 aromatic rings. The Labute approximate surface area is 214 Å². The Bertz CT molecular complexity index is 1410. The lowest BCUT2D eigenvalue weighted by molar-refractivity contribution is -0.198. The van der Waals surface area contributed by atoms with Crippen molar-refractivity contribution < 1.29 is 27.8 Å². The number of halogens is 3. The summed E-state index contributed by atoms with van der Waals surface area (Å²) in [4.78, 5) is 20.0. The van der Waals surface area contributed by atoms with E-state index in [0.29, 0.717) is 22.3 Å². The highest BCUT2D eigenvalue weighted by molar-refractivity contribution is 7.10. The second-order valence-electron chi connectivity index (χ2n) is 8.37. The van der Waals surface area contributed by atoms with Gasteiger partial charge in [0.15, 0.2) is 0 Å². The molecule has 7 nitrogen and oxygen atoms in total. The Morgan fingerprint density at radius 2 is 1.78 bits per heavy atom. The lowest BCUT2D eigenvalue weighted by Gasteiger charge is -2.24. The first-order valence-electron chi connectivity index (χ1n) is 11.1. The normalized spacial score (nSPS) is 13.2. The summed E-state index contributed by atoms with van der Waals surface area (Å²) in [5.74, 6) is -1.71. The number of anilines is 1. The molecule has 2 unspecified atom stereocenters. The number of nitrogens with two attached hydrogens (primary N) is 2. The largest absolute Gasteiger partial charge is 0.480 e. The molecule has 0 aliphatic carbocycles. The Balaban J connectivity index is 1.66. The van der Waals surface area contributed by atoms with Crippen molar-refractivity contribution in [2.24, 2.45) is 5.73 Å². The van der Waals surface area contributed by atoms with E-state index in [1.165, 1.54) is 29.5 Å². The van der Waals surface area contributed by atoms with Crippen LogP contribution in [0.2, 0.25) is 0 Å². The van der Waals surface area contributed by atoms with Crippen molar-refractivity contribution in [3.05, 3.63) is 82.0 Å². The SMILES string of the molecule is Cc1cc(-c2ccccc2C(Oc2cc(-c3ccc(CC(N)C(=O)O)cc3)nc(N)n2)C(F)(F)F)cs1. The van der Waals surface area contributed by atoms with Crippen LogP contribution in [0.25, 0.3) is 22.4 Å². The third kappa shape index (κ3) is 6.25. The van der Waals surface area contributed by atoms with Crippen LogP contribution in [0.5, 0.6) is 5.88 Å². The molecule has 0 aliphatic heterocycles. The standard InChI is InChI=1S/C26H23F3N4O3S/c1-14-10-17(13-37-14)18-4-2-3-5-19(18)23(26(27,28)29)36-22-12-21(32-25(31)33-22)16-8-6-15(7-9-16)11-20(30)24(34)35/h2-10,12-13,20,23H,11,30H2,1H3,(H,34,35)(H2,31,32,33). The number of alkyl halides is 3. The van der Waals surface area contributed by atoms with Gasteiger partial charge in [-0.2, -0.15) is 18.2 Å². The van der Waals surface area contributed by atoms with E-state index in [2.05, 4.69) is 9.97 Å². The highest BCUT2D eigenvalue weighted by Gasteiger charge is 2.44. The number of nitrogens with zero attached hydrogens (tertiary/aromatic N) is 2. The lowest BCUT2D eigenvalue weighted by atomic mass is 9.97. The molecule has 2 aromatic heterocycles. The van der Waals surface area contributed by atoms with Crippen molar-refractivity contribution in [1.82, 2.24) is 9.97 Å². The number of hydrogen-bond acceptors (Lipinski definition) is 7. The molecule has 0 amide bonds. The van der Waals surface area contributed by atoms with Gasteiger partial charge in [-0.05, 0) is 41.5 Å². The second-order valence-corrected chi connectivity index (χ2v) is 9.48. The van der Waals surface area contributed by atoms with Crippen LogP contribution in [0.3, 0.4) is 0 Å². The molecule has 0 spiro atoms. The van der Waals surface area contributed by atoms with E-state index in [9.17, 15) is 18.0 Å². The molecule has 2 heterocycles. The third-order valence-electron chi connectivity index (χ3n) is 5.56. The first-order chi connectivity index (χ1) is 17.5. The molecule has 0 radical (unpaired) electrons. The molecular formula is C26H23F3N4O3S. The van der Waals surface area contributed by atoms with Crippen LogP contribution in [0, 0.1) is 6.92 Å². The second kappa shape index (κ2) is 10.6. The first-order valence-corrected chi connectivity index (χ1v) is 12.0. The maximum Gasteiger partial charge on any atom is 0.429 e. The topological polar surface area (TPSA) is 124 Å². The average molecular weight is 529 g/mol. The van der Waals surface area contributed by atoms with Crippen molar-refractivity contribution in [3.8, 4) is 28.3 Å². The first kappa shape index (κ1) is 26.1. The average Bonchev–Trinajstić information content (AvgIpc) is 3.28. The van der Waals surface area contributed by atoms with Gasteiger partial charge < -0.3 is 21.3 Å². The third-order valence-corrected chi connectivity index (χ3v) is 6.42. The van der Waals surface area contributed by atoms with E-state index in [1.54, 1.807) is 41.8 Å². The summed E-state index contributed by atoms with van der Waals surface area (Å²) in [6.45, 7) is 1.88. The van der Waals surface area contributed by atoms with Crippen LogP contribution in [-0.4, -0.2) is 33.3 Å². The Morgan fingerprint density at radius 3 is 2.41 bits per heavy atom. The number of thiophene rings is 1. The monoisotopic (exact) mass is 528 g/mol. The van der Waals surface area contributed by atoms with E-state index in [4.69, 9.17) is 21.3 Å². The van der Waals surface area contributed by atoms with Gasteiger partial charge in [0, 0.05) is 22.1 Å². The van der Waals surface area contributed by atoms with Gasteiger partial charge in [-0.15, -0.1) is 11.3 Å². The van der Waals surface area contributed by atoms with Crippen LogP contribution in [0.4, 0.5) is 19.1 Å². The number of aliphatic carboxylic acids is 1. The molecule has 5 N–H and O–H groups in total. The van der Waals surface area contributed by atoms with Crippen LogP contribution >= 0.6 is 11.3 Å². The van der Waals surface area contributed by atoms with Crippen LogP contribution in [0.15, 0.2) is 66.0 Å². The number of carboxylic acid groups (broad SMARTS) is 1. The minimum Gasteiger partial charge on any atom is -0.480 e. The summed E-state index contributed by atoms with van der Waals surface area (Å²) in [7, 11) is 0. The molecule has 11 heteroatoms. The molecule has 37 heavy (non-hydrogen) atoms. The van der Waals surface area contributed by atoms with E-state index in [-0.39, 0.29) is 29.5 Å². The van der Waals surface area contributed by atoms with Crippen molar-refractivity contribution >= 4 is 23.3 Å². The van der Waals surface area contributed by atoms with Gasteiger partial charge in [-0.1, -0.05) is 48.5 Å². The molecule has 192 valence electrons. The molecule has 0 saturated heterocycles. The number of rotatable bonds is 8. The van der Waals surface area contributed by atoms with E-state index in [0.717, 1.165) is 4.88 Å². The number of hydrogen-bond donors (Lipinski definition) is 3. The zero-order valence-electron chi connectivity index (χ0n) is 19.6. The van der Waals surface area contributed by atoms with Crippen molar-refractivity contribution in [2.45, 2.75) is 31.7 Å². The summed E-state index contributed by atoms with van der Waals surface area (Å²) >= 11 is 1.44. The number of benzene rings is 2. The maximum absolute atomic E-state index is 14.3. The summed E-state index contributed by atoms with van der Waals surface area (Å²) in [6.07, 6.45) is -6.93. The Morgan fingerprint density at radius 1 is 1.08 bits per heavy atom. The van der Waals surface area contributed by atoms with Crippen molar-refractivity contribution in [3.63, 3.8) is 0 Å². The number of carbonyl (C=O) groups is 1. The molecule has 2 atom stereocenters. The fourth-order valence-electron chi connectivity index (χ4n) is 3.80. The Hall–Kier alpha value is -3.96. The summed E-state index contributed by atoms with van der Waals surface area (Å²) in [5, 5.41) is 10.8. The molecule has 0 fully saturated rings. The predicted octanol–water partition coefficient (Wildman–Crippen LogP) is 5.40. The minimum absolute atomic E-state index is 0.0503. The van der Waals surface area contributed by atoms with Crippen molar-refractivity contribution in [1.29, 1.82) is 0 Å². The van der Waals surface area contributed by atoms with Gasteiger partial charge in [-0.3, -0.25) is 4.79 Å². The number of carboxylic acids is 1. The van der Waals surface area contributed by atoms with E-state index < -0.39 is 24.3 Å². The predicted molar refractivity (Wildman–Crippen MR) is 135 cm³/mol. The van der Waals surface area contributed by atoms with Gasteiger partial charge >= 0.3 is 12.1 Å². The highest BCUT2D eigenvalue weighted by atomic mass is 32.1. The van der Waals surface area contributed by atoms with E-state index in [1.807, 2.05) is 13.0 Å². The Kier molecular flexibility index (Phi) is 7.46. The summed E-state index contributed by atoms with van der Waals surface area (Å²) < 4.78 is 48.3. The van der Waals surface area contributed by atoms with Gasteiger partial charge in [0.25, 0.3) is 0 Å². The maximum atomic E-state index is 14.3. The van der Waals surface area contributed by atoms with Gasteiger partial charge in [-0.25, -0.2) is 4.98 Å². The lowest BCUT2D eigenvalue weighted by Crippen LogP contribution is -2.32. The fraction of sp³-hybridized carbons (Fsp3) is 0.192. The molecule has 0 bridgehead atoms. The van der Waals surface area contributed by atoms with Crippen LogP contribution < -0.4 is 16.2 Å². The molecule has 4 rings (SSSR count). The number of aryl methyl sites for hydroxylation is 1. The summed E-state index contributed by atoms with van der Waals surface area (Å²) in [5.41, 5.74) is 13.9. The highest BCUT2D eigenvalue weighted by Crippen LogP contribution is 2.41. The zero-order chi connectivity index (χ0) is 26.7. The smallest absolute Gasteiger partial charge is 0.429 e. The minimum atomic E-state index is -4.74. The van der Waals surface area contributed by atoms with Crippen LogP contribution in [-0.2, 0) is 11.2 Å². The molecule has 0 aliphatic rings. The van der Waals surface area contributed by atoms with Crippen LogP contribution in [0.1, 0.15) is 22.1 Å². The zero-order valence-corrected chi connectivity index (χ0v) is 20.4. The van der Waals surface area contributed by atoms with Crippen molar-refractivity contribution in [2.75, 3.05) is 5.73 Å². The molecular weight excluding hydrogens is 505 g/mol. The van der Waals surface area contributed by atoms with E-state index >= 15 is 0 Å². The molecule has 2 aromatic carbocycles. The van der Waals surface area contributed by atoms with Gasteiger partial charge in [0.05, 0.1) is 5.69 Å². The number of aromatic nitrogens is 2. The quantitative estimate of drug-likeness (QED) is 0.280. The number of nitrogen functional groups attached to an aromatic ring is 1. The van der Waals surface area contributed by atoms with Gasteiger partial charge in [0.1, 0.15) is 6.04 Å². The number of ether oxygens (including phenoxy) is 1.